The van der Waals surface area contributed by atoms with Gasteiger partial charge in [0.25, 0.3) is 0 Å². The van der Waals surface area contributed by atoms with E-state index in [2.05, 4.69) is 32.7 Å². The van der Waals surface area contributed by atoms with Crippen LogP contribution in [-0.2, 0) is 0 Å². The zero-order valence-corrected chi connectivity index (χ0v) is 9.30. The molecular formula is C11H22N2. The smallest absolute Gasteiger partial charge is 0.0548 e. The first-order valence-corrected chi connectivity index (χ1v) is 5.12. The standard InChI is InChI=1S/C11H22N2/c1-9(2)6-5-7-13-11(8-12)10(3)4/h8-10,12H,5-7H2,1-4H3/b12-8?,13-11+. The summed E-state index contributed by atoms with van der Waals surface area (Å²) in [6.07, 6.45) is 3.74. The third kappa shape index (κ3) is 6.50. The second kappa shape index (κ2) is 6.81. The van der Waals surface area contributed by atoms with Gasteiger partial charge in [-0.05, 0) is 24.7 Å². The lowest BCUT2D eigenvalue weighted by atomic mass is 10.1. The Kier molecular flexibility index (Phi) is 6.47. The predicted octanol–water partition coefficient (Wildman–Crippen LogP) is 3.17. The van der Waals surface area contributed by atoms with Gasteiger partial charge in [-0.15, -0.1) is 0 Å². The lowest BCUT2D eigenvalue weighted by molar-refractivity contribution is 0.561. The lowest BCUT2D eigenvalue weighted by Crippen LogP contribution is -2.09. The highest BCUT2D eigenvalue weighted by molar-refractivity contribution is 6.30. The molecule has 0 aliphatic carbocycles. The summed E-state index contributed by atoms with van der Waals surface area (Å²) < 4.78 is 0. The fraction of sp³-hybridized carbons (Fsp3) is 0.818. The molecule has 0 radical (unpaired) electrons. The fourth-order valence-corrected chi connectivity index (χ4v) is 1.10. The molecule has 0 rings (SSSR count). The van der Waals surface area contributed by atoms with E-state index in [1.165, 1.54) is 12.6 Å². The number of hydrogen-bond acceptors (Lipinski definition) is 2. The molecule has 0 spiro atoms. The van der Waals surface area contributed by atoms with E-state index in [0.717, 1.165) is 24.6 Å². The molecule has 13 heavy (non-hydrogen) atoms. The Morgan fingerprint density at radius 3 is 2.31 bits per heavy atom. The summed E-state index contributed by atoms with van der Waals surface area (Å²) in [4.78, 5) is 4.39. The summed E-state index contributed by atoms with van der Waals surface area (Å²) in [5.41, 5.74) is 0.920. The Labute approximate surface area is 82.0 Å². The monoisotopic (exact) mass is 182 g/mol. The lowest BCUT2D eigenvalue weighted by Gasteiger charge is -2.05. The highest BCUT2D eigenvalue weighted by Gasteiger charge is 2.00. The minimum Gasteiger partial charge on any atom is -0.307 e. The minimum atomic E-state index is 0.386. The zero-order chi connectivity index (χ0) is 10.3. The van der Waals surface area contributed by atoms with Crippen molar-refractivity contribution in [2.75, 3.05) is 6.54 Å². The minimum absolute atomic E-state index is 0.386. The molecular weight excluding hydrogens is 160 g/mol. The van der Waals surface area contributed by atoms with E-state index >= 15 is 0 Å². The average molecular weight is 182 g/mol. The van der Waals surface area contributed by atoms with Crippen LogP contribution in [0.5, 0.6) is 0 Å². The summed E-state index contributed by atoms with van der Waals surface area (Å²) in [6, 6.07) is 0. The summed E-state index contributed by atoms with van der Waals surface area (Å²) in [6.45, 7) is 9.48. The van der Waals surface area contributed by atoms with Crippen molar-refractivity contribution < 1.29 is 0 Å². The van der Waals surface area contributed by atoms with Crippen LogP contribution in [0.1, 0.15) is 40.5 Å². The van der Waals surface area contributed by atoms with Crippen molar-refractivity contribution in [3.8, 4) is 0 Å². The van der Waals surface area contributed by atoms with Crippen molar-refractivity contribution in [2.45, 2.75) is 40.5 Å². The number of rotatable bonds is 6. The van der Waals surface area contributed by atoms with Crippen LogP contribution in [0.25, 0.3) is 0 Å². The quantitative estimate of drug-likeness (QED) is 0.484. The van der Waals surface area contributed by atoms with E-state index in [1.807, 2.05) is 0 Å². The number of aliphatic imine (C=N–C) groups is 1. The van der Waals surface area contributed by atoms with E-state index < -0.39 is 0 Å². The van der Waals surface area contributed by atoms with Gasteiger partial charge in [-0.1, -0.05) is 27.7 Å². The maximum atomic E-state index is 7.15. The van der Waals surface area contributed by atoms with Crippen LogP contribution in [0.2, 0.25) is 0 Å². The van der Waals surface area contributed by atoms with Gasteiger partial charge >= 0.3 is 0 Å². The molecule has 0 aliphatic heterocycles. The van der Waals surface area contributed by atoms with E-state index in [1.54, 1.807) is 0 Å². The third-order valence-corrected chi connectivity index (χ3v) is 1.97. The van der Waals surface area contributed by atoms with Crippen LogP contribution >= 0.6 is 0 Å². The topological polar surface area (TPSA) is 36.2 Å². The molecule has 0 amide bonds. The zero-order valence-electron chi connectivity index (χ0n) is 9.30. The molecule has 0 bridgehead atoms. The van der Waals surface area contributed by atoms with Crippen LogP contribution in [0.15, 0.2) is 4.99 Å². The molecule has 0 atom stereocenters. The number of hydrogen-bond donors (Lipinski definition) is 1. The Morgan fingerprint density at radius 2 is 1.92 bits per heavy atom. The van der Waals surface area contributed by atoms with Gasteiger partial charge in [-0.25, -0.2) is 0 Å². The molecule has 2 nitrogen and oxygen atoms in total. The highest BCUT2D eigenvalue weighted by Crippen LogP contribution is 2.04. The SMILES string of the molecule is CC(C)CCC/N=C(\C=N)C(C)C. The van der Waals surface area contributed by atoms with Crippen molar-refractivity contribution in [1.29, 1.82) is 5.41 Å². The molecule has 76 valence electrons. The molecule has 0 aliphatic rings. The Hall–Kier alpha value is -0.660. The normalized spacial score (nSPS) is 12.6. The van der Waals surface area contributed by atoms with Gasteiger partial charge in [0, 0.05) is 12.8 Å². The van der Waals surface area contributed by atoms with Crippen molar-refractivity contribution in [2.24, 2.45) is 16.8 Å². The van der Waals surface area contributed by atoms with Gasteiger partial charge in [-0.2, -0.15) is 0 Å². The first-order chi connectivity index (χ1) is 6.07. The van der Waals surface area contributed by atoms with Crippen molar-refractivity contribution >= 4 is 11.9 Å². The molecule has 0 fully saturated rings. The van der Waals surface area contributed by atoms with Crippen molar-refractivity contribution in [3.05, 3.63) is 0 Å². The third-order valence-electron chi connectivity index (χ3n) is 1.97. The van der Waals surface area contributed by atoms with Gasteiger partial charge in [0.15, 0.2) is 0 Å². The van der Waals surface area contributed by atoms with E-state index in [0.29, 0.717) is 5.92 Å². The maximum absolute atomic E-state index is 7.15. The van der Waals surface area contributed by atoms with Crippen LogP contribution in [0, 0.1) is 17.2 Å². The van der Waals surface area contributed by atoms with Gasteiger partial charge in [0.1, 0.15) is 0 Å². The molecule has 0 saturated heterocycles. The highest BCUT2D eigenvalue weighted by atomic mass is 14.7. The van der Waals surface area contributed by atoms with Crippen LogP contribution in [0.4, 0.5) is 0 Å². The van der Waals surface area contributed by atoms with Crippen molar-refractivity contribution in [3.63, 3.8) is 0 Å². The maximum Gasteiger partial charge on any atom is 0.0548 e. The average Bonchev–Trinajstić information content (AvgIpc) is 2.03. The molecule has 0 aromatic rings. The predicted molar refractivity (Wildman–Crippen MR) is 60.0 cm³/mol. The molecule has 0 aromatic carbocycles. The summed E-state index contributed by atoms with van der Waals surface area (Å²) in [5.74, 6) is 1.15. The molecule has 1 N–H and O–H groups in total. The largest absolute Gasteiger partial charge is 0.307 e. The first-order valence-electron chi connectivity index (χ1n) is 5.12. The Morgan fingerprint density at radius 1 is 1.31 bits per heavy atom. The van der Waals surface area contributed by atoms with E-state index in [9.17, 15) is 0 Å². The van der Waals surface area contributed by atoms with Crippen molar-refractivity contribution in [1.82, 2.24) is 0 Å². The van der Waals surface area contributed by atoms with E-state index in [4.69, 9.17) is 5.41 Å². The van der Waals surface area contributed by atoms with Crippen LogP contribution in [-0.4, -0.2) is 18.5 Å². The fourth-order valence-electron chi connectivity index (χ4n) is 1.10. The molecule has 2 heteroatoms. The molecule has 0 saturated carbocycles. The first kappa shape index (κ1) is 12.3. The summed E-state index contributed by atoms with van der Waals surface area (Å²) in [5, 5.41) is 7.15. The second-order valence-corrected chi connectivity index (χ2v) is 4.14. The van der Waals surface area contributed by atoms with E-state index in [-0.39, 0.29) is 0 Å². The summed E-state index contributed by atoms with van der Waals surface area (Å²) in [7, 11) is 0. The number of nitrogens with one attached hydrogen (secondary N) is 1. The summed E-state index contributed by atoms with van der Waals surface area (Å²) >= 11 is 0. The molecule has 0 aromatic heterocycles. The molecule has 0 heterocycles. The number of nitrogens with zero attached hydrogens (tertiary/aromatic N) is 1. The van der Waals surface area contributed by atoms with Crippen LogP contribution in [0.3, 0.4) is 0 Å². The van der Waals surface area contributed by atoms with Gasteiger partial charge in [0.05, 0.1) is 5.71 Å². The Bertz CT molecular complexity index is 169. The Balaban J connectivity index is 3.74. The molecule has 0 unspecified atom stereocenters. The van der Waals surface area contributed by atoms with Gasteiger partial charge in [0.2, 0.25) is 0 Å². The van der Waals surface area contributed by atoms with Crippen LogP contribution < -0.4 is 0 Å². The van der Waals surface area contributed by atoms with Gasteiger partial charge in [-0.3, -0.25) is 4.99 Å². The van der Waals surface area contributed by atoms with Gasteiger partial charge < -0.3 is 5.41 Å². The second-order valence-electron chi connectivity index (χ2n) is 4.14.